The van der Waals surface area contributed by atoms with Gasteiger partial charge in [-0.3, -0.25) is 9.20 Å². The van der Waals surface area contributed by atoms with Crippen molar-refractivity contribution in [2.75, 3.05) is 0 Å². The average molecular weight is 442 g/mol. The van der Waals surface area contributed by atoms with E-state index in [1.54, 1.807) is 6.20 Å². The van der Waals surface area contributed by atoms with Crippen LogP contribution in [0.15, 0.2) is 54.7 Å². The smallest absolute Gasteiger partial charge is 0.222 e. The monoisotopic (exact) mass is 441 g/mol. The van der Waals surface area contributed by atoms with Crippen molar-refractivity contribution in [2.24, 2.45) is 5.73 Å². The van der Waals surface area contributed by atoms with E-state index in [0.717, 1.165) is 32.4 Å². The molecule has 4 aromatic rings. The van der Waals surface area contributed by atoms with Crippen molar-refractivity contribution in [3.05, 3.63) is 75.9 Å². The number of halogens is 1. The first-order chi connectivity index (χ1) is 14.5. The van der Waals surface area contributed by atoms with E-state index in [2.05, 4.69) is 4.98 Å². The highest BCUT2D eigenvalue weighted by Gasteiger charge is 2.20. The zero-order valence-corrected chi connectivity index (χ0v) is 17.8. The van der Waals surface area contributed by atoms with Crippen LogP contribution in [0.2, 0.25) is 5.02 Å². The van der Waals surface area contributed by atoms with E-state index in [0.29, 0.717) is 10.8 Å². The van der Waals surface area contributed by atoms with Crippen molar-refractivity contribution < 1.29 is 14.6 Å². The van der Waals surface area contributed by atoms with Crippen molar-refractivity contribution in [3.8, 4) is 16.3 Å². The first-order valence-electron chi connectivity index (χ1n) is 9.36. The van der Waals surface area contributed by atoms with Gasteiger partial charge in [-0.05, 0) is 25.1 Å². The molecule has 1 amide bonds. The Balaban J connectivity index is 1.76. The van der Waals surface area contributed by atoms with Gasteiger partial charge in [0.2, 0.25) is 5.91 Å². The number of benzene rings is 1. The first-order valence-corrected chi connectivity index (χ1v) is 10.6. The number of aliphatic hydroxyl groups is 1. The quantitative estimate of drug-likeness (QED) is 0.445. The molecule has 0 aliphatic rings. The standard InChI is InChI=1S/C22H20ClN3O3S/c1-13(15-6-2-3-7-16(15)23)29-18-9-19(30-20(18)10-21(24)28)17-11-25-22-8-4-5-14(12-27)26(17)22/h2-9,11,13,27H,10,12H2,1H3,(H2,24,28). The number of imidazole rings is 1. The van der Waals surface area contributed by atoms with Crippen LogP contribution in [0.5, 0.6) is 5.75 Å². The van der Waals surface area contributed by atoms with E-state index < -0.39 is 5.91 Å². The molecule has 3 aromatic heterocycles. The summed E-state index contributed by atoms with van der Waals surface area (Å²) in [5, 5.41) is 10.3. The van der Waals surface area contributed by atoms with Crippen LogP contribution in [-0.2, 0) is 17.8 Å². The van der Waals surface area contributed by atoms with E-state index in [1.165, 1.54) is 11.3 Å². The Labute approximate surface area is 182 Å². The van der Waals surface area contributed by atoms with Gasteiger partial charge in [-0.25, -0.2) is 4.98 Å². The van der Waals surface area contributed by atoms with Crippen LogP contribution in [0.3, 0.4) is 0 Å². The fourth-order valence-electron chi connectivity index (χ4n) is 3.38. The SMILES string of the molecule is CC(Oc1cc(-c2cnc3cccc(CO)n23)sc1CC(N)=O)c1ccccc1Cl. The molecule has 0 aliphatic heterocycles. The number of hydrogen-bond donors (Lipinski definition) is 2. The summed E-state index contributed by atoms with van der Waals surface area (Å²) < 4.78 is 8.09. The van der Waals surface area contributed by atoms with Gasteiger partial charge in [0.25, 0.3) is 0 Å². The molecule has 1 aromatic carbocycles. The highest BCUT2D eigenvalue weighted by molar-refractivity contribution is 7.15. The number of ether oxygens (including phenoxy) is 1. The molecule has 6 nitrogen and oxygen atoms in total. The minimum absolute atomic E-state index is 0.0683. The highest BCUT2D eigenvalue weighted by atomic mass is 35.5. The predicted octanol–water partition coefficient (Wildman–Crippen LogP) is 4.38. The number of aliphatic hydroxyl groups excluding tert-OH is 1. The van der Waals surface area contributed by atoms with E-state index >= 15 is 0 Å². The number of pyridine rings is 1. The summed E-state index contributed by atoms with van der Waals surface area (Å²) in [6.07, 6.45) is 1.50. The third-order valence-corrected chi connectivity index (χ3v) is 6.26. The first kappa shape index (κ1) is 20.4. The number of thiophene rings is 1. The maximum absolute atomic E-state index is 11.6. The number of primary amides is 1. The Morgan fingerprint density at radius 3 is 2.83 bits per heavy atom. The molecule has 0 radical (unpaired) electrons. The van der Waals surface area contributed by atoms with E-state index in [9.17, 15) is 9.90 Å². The lowest BCUT2D eigenvalue weighted by Crippen LogP contribution is -2.13. The van der Waals surface area contributed by atoms with Crippen molar-refractivity contribution in [1.82, 2.24) is 9.38 Å². The summed E-state index contributed by atoms with van der Waals surface area (Å²) in [5.74, 6) is 0.144. The van der Waals surface area contributed by atoms with Gasteiger partial charge in [0.1, 0.15) is 17.5 Å². The van der Waals surface area contributed by atoms with Crippen molar-refractivity contribution >= 4 is 34.5 Å². The molecule has 1 atom stereocenters. The third kappa shape index (κ3) is 3.92. The molecule has 0 saturated carbocycles. The van der Waals surface area contributed by atoms with Gasteiger partial charge in [-0.2, -0.15) is 0 Å². The van der Waals surface area contributed by atoms with Gasteiger partial charge in [-0.15, -0.1) is 11.3 Å². The van der Waals surface area contributed by atoms with Crippen molar-refractivity contribution in [3.63, 3.8) is 0 Å². The molecule has 0 saturated heterocycles. The predicted molar refractivity (Wildman–Crippen MR) is 118 cm³/mol. The van der Waals surface area contributed by atoms with E-state index in [1.807, 2.05) is 59.9 Å². The lowest BCUT2D eigenvalue weighted by Gasteiger charge is -2.16. The number of carbonyl (C=O) groups excluding carboxylic acids is 1. The lowest BCUT2D eigenvalue weighted by atomic mass is 10.1. The molecule has 0 bridgehead atoms. The summed E-state index contributed by atoms with van der Waals surface area (Å²) in [6.45, 7) is 1.79. The Morgan fingerprint density at radius 1 is 1.30 bits per heavy atom. The normalized spacial score (nSPS) is 12.2. The molecule has 4 rings (SSSR count). The molecule has 0 spiro atoms. The van der Waals surface area contributed by atoms with E-state index in [4.69, 9.17) is 22.1 Å². The van der Waals surface area contributed by atoms with Gasteiger partial charge >= 0.3 is 0 Å². The summed E-state index contributed by atoms with van der Waals surface area (Å²) in [7, 11) is 0. The Morgan fingerprint density at radius 2 is 2.10 bits per heavy atom. The zero-order valence-electron chi connectivity index (χ0n) is 16.2. The Bertz CT molecular complexity index is 1220. The van der Waals surface area contributed by atoms with Crippen LogP contribution in [0.4, 0.5) is 0 Å². The highest BCUT2D eigenvalue weighted by Crippen LogP contribution is 2.39. The minimum Gasteiger partial charge on any atom is -0.485 e. The second-order valence-corrected chi connectivity index (χ2v) is 8.38. The number of fused-ring (bicyclic) bond motifs is 1. The maximum Gasteiger partial charge on any atom is 0.222 e. The van der Waals surface area contributed by atoms with Crippen LogP contribution >= 0.6 is 22.9 Å². The molecule has 3 N–H and O–H groups in total. The van der Waals surface area contributed by atoms with Crippen molar-refractivity contribution in [1.29, 1.82) is 0 Å². The van der Waals surface area contributed by atoms with Gasteiger partial charge in [-0.1, -0.05) is 35.9 Å². The van der Waals surface area contributed by atoms with Crippen molar-refractivity contribution in [2.45, 2.75) is 26.1 Å². The largest absolute Gasteiger partial charge is 0.485 e. The van der Waals surface area contributed by atoms with Gasteiger partial charge in [0.05, 0.1) is 40.4 Å². The fraction of sp³-hybridized carbons (Fsp3) is 0.182. The van der Waals surface area contributed by atoms with Gasteiger partial charge < -0.3 is 15.6 Å². The van der Waals surface area contributed by atoms with Crippen LogP contribution in [-0.4, -0.2) is 20.4 Å². The summed E-state index contributed by atoms with van der Waals surface area (Å²) in [5.41, 5.74) is 8.58. The molecular formula is C22H20ClN3O3S. The third-order valence-electron chi connectivity index (χ3n) is 4.78. The number of nitrogens with zero attached hydrogens (tertiary/aromatic N) is 2. The number of amides is 1. The Hall–Kier alpha value is -2.87. The van der Waals surface area contributed by atoms with Crippen LogP contribution in [0, 0.1) is 0 Å². The second-order valence-electron chi connectivity index (χ2n) is 6.84. The lowest BCUT2D eigenvalue weighted by molar-refractivity contribution is -0.117. The second kappa shape index (κ2) is 8.47. The summed E-state index contributed by atoms with van der Waals surface area (Å²) >= 11 is 7.73. The molecule has 154 valence electrons. The van der Waals surface area contributed by atoms with Crippen LogP contribution in [0.1, 0.15) is 29.2 Å². The maximum atomic E-state index is 11.6. The van der Waals surface area contributed by atoms with Crippen LogP contribution in [0.25, 0.3) is 16.2 Å². The van der Waals surface area contributed by atoms with Gasteiger partial charge in [0.15, 0.2) is 0 Å². The number of aromatic nitrogens is 2. The minimum atomic E-state index is -0.437. The molecule has 3 heterocycles. The number of nitrogens with two attached hydrogens (primary N) is 1. The number of carbonyl (C=O) groups is 1. The van der Waals surface area contributed by atoms with Gasteiger partial charge in [0, 0.05) is 16.7 Å². The molecule has 0 fully saturated rings. The summed E-state index contributed by atoms with van der Waals surface area (Å²) in [6, 6.07) is 14.9. The molecule has 30 heavy (non-hydrogen) atoms. The Kier molecular flexibility index (Phi) is 5.76. The molecular weight excluding hydrogens is 422 g/mol. The number of rotatable bonds is 7. The molecule has 8 heteroatoms. The van der Waals surface area contributed by atoms with Crippen LogP contribution < -0.4 is 10.5 Å². The average Bonchev–Trinajstić information content (AvgIpc) is 3.32. The van der Waals surface area contributed by atoms with E-state index in [-0.39, 0.29) is 19.1 Å². The topological polar surface area (TPSA) is 89.8 Å². The molecule has 0 aliphatic carbocycles. The summed E-state index contributed by atoms with van der Waals surface area (Å²) in [4.78, 5) is 17.7. The zero-order chi connectivity index (χ0) is 21.3. The molecule has 1 unspecified atom stereocenters. The number of hydrogen-bond acceptors (Lipinski definition) is 5. The fourth-order valence-corrected chi connectivity index (χ4v) is 4.77.